The lowest BCUT2D eigenvalue weighted by Crippen LogP contribution is -2.54. The van der Waals surface area contributed by atoms with Crippen molar-refractivity contribution >= 4 is 29.1 Å². The van der Waals surface area contributed by atoms with Crippen LogP contribution < -0.4 is 5.32 Å². The Morgan fingerprint density at radius 1 is 1.32 bits per heavy atom. The van der Waals surface area contributed by atoms with E-state index in [2.05, 4.69) is 30.8 Å². The topological polar surface area (TPSA) is 32.3 Å². The van der Waals surface area contributed by atoms with Crippen molar-refractivity contribution in [3.63, 3.8) is 0 Å². The van der Waals surface area contributed by atoms with E-state index in [9.17, 15) is 4.79 Å². The van der Waals surface area contributed by atoms with Crippen molar-refractivity contribution in [2.75, 3.05) is 13.6 Å². The van der Waals surface area contributed by atoms with Crippen molar-refractivity contribution < 1.29 is 4.79 Å². The molecule has 0 bridgehead atoms. The van der Waals surface area contributed by atoms with Crippen molar-refractivity contribution in [2.24, 2.45) is 17.3 Å². The van der Waals surface area contributed by atoms with E-state index in [0.29, 0.717) is 21.9 Å². The number of amides is 1. The SMILES string of the molecule is C=C[C@@H]1CCC(CN(C)Cc2ccc(Cl)c(Cl)c2)[C@@](C)(C(=O)NC(C)(C)C)C1. The number of hydrogen-bond acceptors (Lipinski definition) is 2. The van der Waals surface area contributed by atoms with E-state index in [4.69, 9.17) is 23.2 Å². The lowest BCUT2D eigenvalue weighted by molar-refractivity contribution is -0.138. The second kappa shape index (κ2) is 9.19. The molecular formula is C23H34Cl2N2O. The quantitative estimate of drug-likeness (QED) is 0.572. The Labute approximate surface area is 180 Å². The van der Waals surface area contributed by atoms with E-state index in [-0.39, 0.29) is 11.4 Å². The highest BCUT2D eigenvalue weighted by Gasteiger charge is 2.46. The third-order valence-electron chi connectivity index (χ3n) is 5.78. The molecule has 1 unspecified atom stereocenters. The Balaban J connectivity index is 2.14. The molecule has 1 aromatic carbocycles. The summed E-state index contributed by atoms with van der Waals surface area (Å²) in [5.41, 5.74) is 0.478. The van der Waals surface area contributed by atoms with Crippen LogP contribution in [0.25, 0.3) is 0 Å². The summed E-state index contributed by atoms with van der Waals surface area (Å²) in [6.45, 7) is 13.8. The Morgan fingerprint density at radius 3 is 2.57 bits per heavy atom. The Bertz CT molecular complexity index is 713. The molecule has 1 fully saturated rings. The standard InChI is InChI=1S/C23H34Cl2N2O/c1-7-16-8-10-18(23(5,13-16)21(28)26-22(2,3)4)15-27(6)14-17-9-11-19(24)20(25)12-17/h7,9,11-12,16,18H,1,8,10,13-15H2,2-6H3,(H,26,28)/t16-,18?,23+/m1/s1. The monoisotopic (exact) mass is 424 g/mol. The summed E-state index contributed by atoms with van der Waals surface area (Å²) in [5.74, 6) is 0.839. The van der Waals surface area contributed by atoms with Gasteiger partial charge in [-0.05, 0) is 76.6 Å². The average molecular weight is 425 g/mol. The molecule has 0 saturated heterocycles. The number of nitrogens with zero attached hydrogens (tertiary/aromatic N) is 1. The first kappa shape index (κ1) is 23.3. The zero-order valence-corrected chi connectivity index (χ0v) is 19.3. The van der Waals surface area contributed by atoms with Gasteiger partial charge in [0.05, 0.1) is 15.5 Å². The normalized spacial score (nSPS) is 25.6. The van der Waals surface area contributed by atoms with E-state index >= 15 is 0 Å². The first-order chi connectivity index (χ1) is 12.9. The lowest BCUT2D eigenvalue weighted by Gasteiger charge is -2.45. The van der Waals surface area contributed by atoms with Crippen LogP contribution in [-0.4, -0.2) is 29.9 Å². The summed E-state index contributed by atoms with van der Waals surface area (Å²) >= 11 is 12.2. The second-order valence-corrected chi connectivity index (χ2v) is 10.4. The number of allylic oxidation sites excluding steroid dienone is 1. The van der Waals surface area contributed by atoms with Gasteiger partial charge in [-0.3, -0.25) is 4.79 Å². The van der Waals surface area contributed by atoms with Crippen LogP contribution >= 0.6 is 23.2 Å². The van der Waals surface area contributed by atoms with E-state index in [1.807, 2.05) is 45.0 Å². The number of halogens is 2. The Kier molecular flexibility index (Phi) is 7.63. The number of rotatable bonds is 6. The highest BCUT2D eigenvalue weighted by molar-refractivity contribution is 6.42. The van der Waals surface area contributed by atoms with Crippen molar-refractivity contribution in [1.82, 2.24) is 10.2 Å². The molecule has 1 saturated carbocycles. The van der Waals surface area contributed by atoms with Crippen LogP contribution in [0.4, 0.5) is 0 Å². The first-order valence-corrected chi connectivity index (χ1v) is 10.8. The van der Waals surface area contributed by atoms with Gasteiger partial charge in [-0.25, -0.2) is 0 Å². The number of nitrogens with one attached hydrogen (secondary N) is 1. The fourth-order valence-corrected chi connectivity index (χ4v) is 4.51. The third kappa shape index (κ3) is 5.98. The summed E-state index contributed by atoms with van der Waals surface area (Å²) in [5, 5.41) is 4.37. The highest BCUT2D eigenvalue weighted by Crippen LogP contribution is 2.45. The van der Waals surface area contributed by atoms with Crippen LogP contribution in [0.2, 0.25) is 10.0 Å². The smallest absolute Gasteiger partial charge is 0.226 e. The summed E-state index contributed by atoms with van der Waals surface area (Å²) in [6, 6.07) is 5.76. The van der Waals surface area contributed by atoms with Gasteiger partial charge in [0, 0.05) is 18.6 Å². The summed E-state index contributed by atoms with van der Waals surface area (Å²) in [4.78, 5) is 15.5. The predicted molar refractivity (Wildman–Crippen MR) is 120 cm³/mol. The molecule has 5 heteroatoms. The number of carbonyl (C=O) groups is 1. The fraction of sp³-hybridized carbons (Fsp3) is 0.609. The van der Waals surface area contributed by atoms with E-state index in [0.717, 1.165) is 37.9 Å². The molecule has 1 aromatic rings. The molecule has 156 valence electrons. The van der Waals surface area contributed by atoms with Crippen LogP contribution in [0.3, 0.4) is 0 Å². The zero-order chi connectivity index (χ0) is 21.1. The van der Waals surface area contributed by atoms with Crippen molar-refractivity contribution in [1.29, 1.82) is 0 Å². The minimum atomic E-state index is -0.406. The van der Waals surface area contributed by atoms with Gasteiger partial charge in [-0.15, -0.1) is 6.58 Å². The van der Waals surface area contributed by atoms with Gasteiger partial charge in [0.2, 0.25) is 5.91 Å². The zero-order valence-electron chi connectivity index (χ0n) is 17.8. The molecule has 0 radical (unpaired) electrons. The maximum Gasteiger partial charge on any atom is 0.226 e. The minimum Gasteiger partial charge on any atom is -0.351 e. The Morgan fingerprint density at radius 2 is 2.00 bits per heavy atom. The molecule has 0 heterocycles. The van der Waals surface area contributed by atoms with Gasteiger partial charge < -0.3 is 10.2 Å². The Hall–Kier alpha value is -1.03. The molecule has 3 nitrogen and oxygen atoms in total. The molecule has 3 atom stereocenters. The molecule has 0 aliphatic heterocycles. The molecule has 0 aromatic heterocycles. The van der Waals surface area contributed by atoms with Gasteiger partial charge in [0.15, 0.2) is 0 Å². The molecule has 28 heavy (non-hydrogen) atoms. The van der Waals surface area contributed by atoms with Gasteiger partial charge in [0.25, 0.3) is 0 Å². The van der Waals surface area contributed by atoms with E-state index in [1.165, 1.54) is 0 Å². The summed E-state index contributed by atoms with van der Waals surface area (Å²) in [6.07, 6.45) is 4.98. The molecule has 0 spiro atoms. The summed E-state index contributed by atoms with van der Waals surface area (Å²) < 4.78 is 0. The first-order valence-electron chi connectivity index (χ1n) is 10.0. The van der Waals surface area contributed by atoms with Crippen molar-refractivity contribution in [3.8, 4) is 0 Å². The lowest BCUT2D eigenvalue weighted by atomic mass is 9.63. The van der Waals surface area contributed by atoms with Crippen molar-refractivity contribution in [2.45, 2.75) is 59.0 Å². The second-order valence-electron chi connectivity index (χ2n) is 9.54. The number of carbonyl (C=O) groups excluding carboxylic acids is 1. The van der Waals surface area contributed by atoms with Gasteiger partial charge in [-0.2, -0.15) is 0 Å². The molecular weight excluding hydrogens is 391 g/mol. The molecule has 1 N–H and O–H groups in total. The maximum atomic E-state index is 13.2. The third-order valence-corrected chi connectivity index (χ3v) is 6.52. The largest absolute Gasteiger partial charge is 0.351 e. The molecule has 1 aliphatic rings. The van der Waals surface area contributed by atoms with Gasteiger partial charge in [0.1, 0.15) is 0 Å². The summed E-state index contributed by atoms with van der Waals surface area (Å²) in [7, 11) is 2.10. The van der Waals surface area contributed by atoms with Crippen LogP contribution in [0, 0.1) is 17.3 Å². The van der Waals surface area contributed by atoms with Crippen LogP contribution in [0.5, 0.6) is 0 Å². The highest BCUT2D eigenvalue weighted by atomic mass is 35.5. The van der Waals surface area contributed by atoms with Crippen molar-refractivity contribution in [3.05, 3.63) is 46.5 Å². The average Bonchev–Trinajstić information content (AvgIpc) is 2.58. The van der Waals surface area contributed by atoms with Crippen LogP contribution in [0.15, 0.2) is 30.9 Å². The molecule has 1 aliphatic carbocycles. The van der Waals surface area contributed by atoms with E-state index in [1.54, 1.807) is 0 Å². The van der Waals surface area contributed by atoms with E-state index < -0.39 is 5.41 Å². The minimum absolute atomic E-state index is 0.152. The molecule has 2 rings (SSSR count). The van der Waals surface area contributed by atoms with Gasteiger partial charge in [-0.1, -0.05) is 42.3 Å². The van der Waals surface area contributed by atoms with Gasteiger partial charge >= 0.3 is 0 Å². The van der Waals surface area contributed by atoms with Crippen LogP contribution in [0.1, 0.15) is 52.5 Å². The predicted octanol–water partition coefficient (Wildman–Crippen LogP) is 5.95. The maximum absolute atomic E-state index is 13.2. The fourth-order valence-electron chi connectivity index (χ4n) is 4.19. The van der Waals surface area contributed by atoms with Crippen LogP contribution in [-0.2, 0) is 11.3 Å². The number of hydrogen-bond donors (Lipinski definition) is 1. The number of benzene rings is 1. The molecule has 1 amide bonds.